The summed E-state index contributed by atoms with van der Waals surface area (Å²) >= 11 is 0. The molecular weight excluding hydrogens is 334 g/mol. The molecule has 2 aromatic rings. The SMILES string of the molecule is Cc1cc(C2=NN(c3ccc(C#N)c(C)n3)[C@@H](C3CCCC3)C2)ccc1N. The van der Waals surface area contributed by atoms with Crippen molar-refractivity contribution in [2.45, 2.75) is 52.0 Å². The van der Waals surface area contributed by atoms with E-state index in [4.69, 9.17) is 10.8 Å². The first kappa shape index (κ1) is 17.5. The fourth-order valence-corrected chi connectivity index (χ4v) is 4.28. The minimum atomic E-state index is 0.334. The van der Waals surface area contributed by atoms with Crippen LogP contribution in [0, 0.1) is 31.1 Å². The van der Waals surface area contributed by atoms with Gasteiger partial charge >= 0.3 is 0 Å². The Hall–Kier alpha value is -2.87. The van der Waals surface area contributed by atoms with Crippen LogP contribution in [0.1, 0.15) is 54.5 Å². The third-order valence-corrected chi connectivity index (χ3v) is 5.92. The Morgan fingerprint density at radius 1 is 1.15 bits per heavy atom. The van der Waals surface area contributed by atoms with Gasteiger partial charge in [-0.3, -0.25) is 0 Å². The largest absolute Gasteiger partial charge is 0.399 e. The van der Waals surface area contributed by atoms with E-state index in [1.54, 1.807) is 0 Å². The number of nitriles is 1. The number of aryl methyl sites for hydroxylation is 2. The number of nitrogen functional groups attached to an aromatic ring is 1. The summed E-state index contributed by atoms with van der Waals surface area (Å²) in [6, 6.07) is 12.5. The Bertz CT molecular complexity index is 934. The molecule has 5 nitrogen and oxygen atoms in total. The van der Waals surface area contributed by atoms with Gasteiger partial charge in [-0.1, -0.05) is 18.9 Å². The molecule has 0 unspecified atom stereocenters. The summed E-state index contributed by atoms with van der Waals surface area (Å²) in [6.45, 7) is 3.92. The van der Waals surface area contributed by atoms with Crippen LogP contribution in [0.15, 0.2) is 35.4 Å². The van der Waals surface area contributed by atoms with E-state index in [0.29, 0.717) is 17.5 Å². The highest BCUT2D eigenvalue weighted by atomic mass is 15.5. The minimum Gasteiger partial charge on any atom is -0.399 e. The van der Waals surface area contributed by atoms with E-state index in [9.17, 15) is 5.26 Å². The lowest BCUT2D eigenvalue weighted by atomic mass is 9.92. The van der Waals surface area contributed by atoms with E-state index >= 15 is 0 Å². The van der Waals surface area contributed by atoms with Crippen molar-refractivity contribution < 1.29 is 0 Å². The van der Waals surface area contributed by atoms with E-state index in [1.807, 2.05) is 32.0 Å². The third kappa shape index (κ3) is 3.28. The lowest BCUT2D eigenvalue weighted by molar-refractivity contribution is 0.428. The summed E-state index contributed by atoms with van der Waals surface area (Å²) in [6.07, 6.45) is 6.02. The van der Waals surface area contributed by atoms with Crippen molar-refractivity contribution >= 4 is 17.2 Å². The zero-order valence-electron chi connectivity index (χ0n) is 15.9. The van der Waals surface area contributed by atoms with Crippen LogP contribution in [0.3, 0.4) is 0 Å². The second kappa shape index (κ2) is 7.03. The molecule has 1 aliphatic carbocycles. The number of benzene rings is 1. The Morgan fingerprint density at radius 2 is 1.93 bits per heavy atom. The molecule has 138 valence electrons. The molecule has 2 N–H and O–H groups in total. The number of hydrogen-bond acceptors (Lipinski definition) is 5. The van der Waals surface area contributed by atoms with Gasteiger partial charge in [0.25, 0.3) is 0 Å². The molecular formula is C22H25N5. The van der Waals surface area contributed by atoms with Gasteiger partial charge in [-0.2, -0.15) is 10.4 Å². The van der Waals surface area contributed by atoms with E-state index in [0.717, 1.165) is 40.5 Å². The fourth-order valence-electron chi connectivity index (χ4n) is 4.28. The van der Waals surface area contributed by atoms with Crippen molar-refractivity contribution in [1.29, 1.82) is 5.26 Å². The van der Waals surface area contributed by atoms with Crippen molar-refractivity contribution in [2.24, 2.45) is 11.0 Å². The van der Waals surface area contributed by atoms with Crippen molar-refractivity contribution in [3.05, 3.63) is 52.7 Å². The maximum Gasteiger partial charge on any atom is 0.149 e. The number of anilines is 2. The molecule has 27 heavy (non-hydrogen) atoms. The van der Waals surface area contributed by atoms with Gasteiger partial charge in [-0.25, -0.2) is 9.99 Å². The van der Waals surface area contributed by atoms with Gasteiger partial charge in [0.1, 0.15) is 11.9 Å². The van der Waals surface area contributed by atoms with E-state index < -0.39 is 0 Å². The summed E-state index contributed by atoms with van der Waals surface area (Å²) < 4.78 is 0. The van der Waals surface area contributed by atoms with Gasteiger partial charge in [-0.05, 0) is 68.0 Å². The molecule has 1 aromatic heterocycles. The van der Waals surface area contributed by atoms with Crippen molar-refractivity contribution in [3.8, 4) is 6.07 Å². The van der Waals surface area contributed by atoms with Crippen LogP contribution in [-0.2, 0) is 0 Å². The number of pyridine rings is 1. The molecule has 0 bridgehead atoms. The normalized spacial score (nSPS) is 20.0. The molecule has 4 rings (SSSR count). The molecule has 1 aliphatic heterocycles. The summed E-state index contributed by atoms with van der Waals surface area (Å²) in [5.41, 5.74) is 11.5. The molecule has 1 saturated carbocycles. The van der Waals surface area contributed by atoms with E-state index in [2.05, 4.69) is 28.2 Å². The maximum absolute atomic E-state index is 9.20. The number of nitrogens with two attached hydrogens (primary N) is 1. The Morgan fingerprint density at radius 3 is 2.59 bits per heavy atom. The smallest absolute Gasteiger partial charge is 0.149 e. The number of hydrogen-bond donors (Lipinski definition) is 1. The highest BCUT2D eigenvalue weighted by Crippen LogP contribution is 2.38. The van der Waals surface area contributed by atoms with Crippen LogP contribution in [0.25, 0.3) is 0 Å². The first-order chi connectivity index (χ1) is 13.1. The average Bonchev–Trinajstić information content (AvgIpc) is 3.33. The molecule has 2 aliphatic rings. The highest BCUT2D eigenvalue weighted by Gasteiger charge is 2.36. The fraction of sp³-hybridized carbons (Fsp3) is 0.409. The summed E-state index contributed by atoms with van der Waals surface area (Å²) in [7, 11) is 0. The Balaban J connectivity index is 1.72. The van der Waals surface area contributed by atoms with Crippen LogP contribution in [-0.4, -0.2) is 16.7 Å². The highest BCUT2D eigenvalue weighted by molar-refractivity contribution is 6.03. The summed E-state index contributed by atoms with van der Waals surface area (Å²) in [5, 5.41) is 16.3. The van der Waals surface area contributed by atoms with E-state index in [-0.39, 0.29) is 0 Å². The molecule has 1 atom stereocenters. The van der Waals surface area contributed by atoms with Gasteiger partial charge in [0.2, 0.25) is 0 Å². The summed E-state index contributed by atoms with van der Waals surface area (Å²) in [4.78, 5) is 4.68. The van der Waals surface area contributed by atoms with Crippen LogP contribution in [0.5, 0.6) is 0 Å². The molecule has 1 aromatic carbocycles. The molecule has 2 heterocycles. The molecule has 0 saturated heterocycles. The van der Waals surface area contributed by atoms with Crippen molar-refractivity contribution in [1.82, 2.24) is 4.98 Å². The Labute approximate surface area is 160 Å². The lowest BCUT2D eigenvalue weighted by Gasteiger charge is -2.27. The van der Waals surface area contributed by atoms with E-state index in [1.165, 1.54) is 25.7 Å². The van der Waals surface area contributed by atoms with Crippen molar-refractivity contribution in [2.75, 3.05) is 10.7 Å². The van der Waals surface area contributed by atoms with Crippen LogP contribution in [0.4, 0.5) is 11.5 Å². The second-order valence-electron chi connectivity index (χ2n) is 7.69. The molecule has 0 radical (unpaired) electrons. The standard InChI is InChI=1S/C22H25N5/c1-14-11-17(7-9-19(14)24)20-12-21(16-5-3-4-6-16)27(26-20)22-10-8-18(13-23)15(2)25-22/h7-11,16,21H,3-6,12,24H2,1-2H3/t21-/m1/s1. The Kier molecular flexibility index (Phi) is 4.57. The maximum atomic E-state index is 9.20. The van der Waals surface area contributed by atoms with Gasteiger partial charge in [0.05, 0.1) is 23.0 Å². The number of aromatic nitrogens is 1. The monoisotopic (exact) mass is 359 g/mol. The predicted octanol–water partition coefficient (Wildman–Crippen LogP) is 4.33. The van der Waals surface area contributed by atoms with Crippen LogP contribution >= 0.6 is 0 Å². The van der Waals surface area contributed by atoms with Crippen LogP contribution in [0.2, 0.25) is 0 Å². The zero-order valence-corrected chi connectivity index (χ0v) is 15.9. The number of hydrazone groups is 1. The first-order valence-corrected chi connectivity index (χ1v) is 9.68. The number of rotatable bonds is 3. The van der Waals surface area contributed by atoms with Crippen LogP contribution < -0.4 is 10.7 Å². The average molecular weight is 359 g/mol. The van der Waals surface area contributed by atoms with Gasteiger partial charge in [-0.15, -0.1) is 0 Å². The summed E-state index contributed by atoms with van der Waals surface area (Å²) in [5.74, 6) is 1.48. The lowest BCUT2D eigenvalue weighted by Crippen LogP contribution is -2.33. The molecule has 5 heteroatoms. The minimum absolute atomic E-state index is 0.334. The topological polar surface area (TPSA) is 78.3 Å². The van der Waals surface area contributed by atoms with Gasteiger partial charge in [0, 0.05) is 12.1 Å². The molecule has 1 fully saturated rings. The van der Waals surface area contributed by atoms with Gasteiger partial charge in [0.15, 0.2) is 0 Å². The molecule has 0 amide bonds. The predicted molar refractivity (Wildman–Crippen MR) is 109 cm³/mol. The molecule has 0 spiro atoms. The zero-order chi connectivity index (χ0) is 19.0. The van der Waals surface area contributed by atoms with Crippen molar-refractivity contribution in [3.63, 3.8) is 0 Å². The van der Waals surface area contributed by atoms with Gasteiger partial charge < -0.3 is 5.73 Å². The quantitative estimate of drug-likeness (QED) is 0.828. The first-order valence-electron chi connectivity index (χ1n) is 9.68. The third-order valence-electron chi connectivity index (χ3n) is 5.92. The second-order valence-corrected chi connectivity index (χ2v) is 7.69. The number of nitrogens with zero attached hydrogens (tertiary/aromatic N) is 4.